The van der Waals surface area contributed by atoms with Gasteiger partial charge >= 0.3 is 5.97 Å². The van der Waals surface area contributed by atoms with Crippen LogP contribution < -0.4 is 0 Å². The number of hydrogen-bond donors (Lipinski definition) is 0. The summed E-state index contributed by atoms with van der Waals surface area (Å²) in [5.74, 6) is -0.117. The van der Waals surface area contributed by atoms with Crippen molar-refractivity contribution < 1.29 is 9.53 Å². The van der Waals surface area contributed by atoms with Crippen molar-refractivity contribution in [3.63, 3.8) is 0 Å². The fraction of sp³-hybridized carbons (Fsp3) is 0.909. The Morgan fingerprint density at radius 3 is 1.92 bits per heavy atom. The van der Waals surface area contributed by atoms with Gasteiger partial charge in [0.1, 0.15) is 0 Å². The van der Waals surface area contributed by atoms with E-state index in [-0.39, 0.29) is 16.8 Å². The third-order valence-electron chi connectivity index (χ3n) is 2.16. The van der Waals surface area contributed by atoms with Crippen molar-refractivity contribution in [3.8, 4) is 0 Å². The lowest BCUT2D eigenvalue weighted by molar-refractivity contribution is -0.156. The molecule has 0 radical (unpaired) electrons. The molecule has 0 saturated carbocycles. The minimum Gasteiger partial charge on any atom is -0.465 e. The van der Waals surface area contributed by atoms with Gasteiger partial charge in [0.25, 0.3) is 0 Å². The van der Waals surface area contributed by atoms with Crippen LogP contribution in [-0.4, -0.2) is 12.6 Å². The first-order valence-corrected chi connectivity index (χ1v) is 4.86. The fourth-order valence-corrected chi connectivity index (χ4v) is 0.579. The predicted octanol–water partition coefficient (Wildman–Crippen LogP) is 3.01. The molecule has 0 aliphatic carbocycles. The van der Waals surface area contributed by atoms with E-state index in [4.69, 9.17) is 4.74 Å². The largest absolute Gasteiger partial charge is 0.465 e. The second-order valence-corrected chi connectivity index (χ2v) is 5.34. The van der Waals surface area contributed by atoms with Crippen molar-refractivity contribution >= 4 is 5.97 Å². The van der Waals surface area contributed by atoms with Gasteiger partial charge < -0.3 is 4.74 Å². The van der Waals surface area contributed by atoms with E-state index in [0.29, 0.717) is 6.61 Å². The van der Waals surface area contributed by atoms with Crippen LogP contribution in [-0.2, 0) is 9.53 Å². The number of ether oxygens (including phenoxy) is 1. The molecule has 2 nitrogen and oxygen atoms in total. The lowest BCUT2D eigenvalue weighted by atomic mass is 9.91. The Morgan fingerprint density at radius 1 is 1.15 bits per heavy atom. The van der Waals surface area contributed by atoms with Crippen molar-refractivity contribution in [1.29, 1.82) is 0 Å². The van der Waals surface area contributed by atoms with Gasteiger partial charge in [-0.2, -0.15) is 0 Å². The van der Waals surface area contributed by atoms with E-state index in [1.54, 1.807) is 0 Å². The second-order valence-electron chi connectivity index (χ2n) is 5.34. The van der Waals surface area contributed by atoms with Gasteiger partial charge in [0.2, 0.25) is 0 Å². The van der Waals surface area contributed by atoms with E-state index >= 15 is 0 Å². The maximum Gasteiger partial charge on any atom is 0.311 e. The minimum atomic E-state index is -0.385. The maximum absolute atomic E-state index is 11.4. The van der Waals surface area contributed by atoms with Crippen LogP contribution >= 0.6 is 0 Å². The van der Waals surface area contributed by atoms with Crippen LogP contribution in [0.5, 0.6) is 0 Å². The third kappa shape index (κ3) is 4.91. The number of rotatable bonds is 3. The Hall–Kier alpha value is -0.530. The summed E-state index contributed by atoms with van der Waals surface area (Å²) in [6.45, 7) is 12.4. The van der Waals surface area contributed by atoms with Crippen molar-refractivity contribution in [2.24, 2.45) is 10.8 Å². The molecule has 0 fully saturated rings. The highest BCUT2D eigenvalue weighted by Crippen LogP contribution is 2.22. The van der Waals surface area contributed by atoms with Gasteiger partial charge in [0.15, 0.2) is 0 Å². The molecule has 0 atom stereocenters. The molecule has 13 heavy (non-hydrogen) atoms. The van der Waals surface area contributed by atoms with Crippen LogP contribution in [0.3, 0.4) is 0 Å². The van der Waals surface area contributed by atoms with Gasteiger partial charge in [0.05, 0.1) is 12.0 Å². The van der Waals surface area contributed by atoms with Crippen LogP contribution in [0.15, 0.2) is 0 Å². The molecule has 78 valence electrons. The smallest absolute Gasteiger partial charge is 0.311 e. The van der Waals surface area contributed by atoms with Gasteiger partial charge in [-0.25, -0.2) is 0 Å². The molecule has 0 aromatic heterocycles. The normalized spacial score (nSPS) is 12.8. The first-order chi connectivity index (χ1) is 5.69. The van der Waals surface area contributed by atoms with Crippen LogP contribution in [0, 0.1) is 10.8 Å². The zero-order valence-electron chi connectivity index (χ0n) is 9.73. The summed E-state index contributed by atoms with van der Waals surface area (Å²) in [6.07, 6.45) is 1.02. The quantitative estimate of drug-likeness (QED) is 0.633. The molecule has 0 saturated heterocycles. The molecule has 0 N–H and O–H groups in total. The monoisotopic (exact) mass is 186 g/mol. The molecule has 0 aromatic carbocycles. The van der Waals surface area contributed by atoms with Gasteiger partial charge in [-0.3, -0.25) is 4.79 Å². The van der Waals surface area contributed by atoms with E-state index in [2.05, 4.69) is 20.8 Å². The minimum absolute atomic E-state index is 0.0981. The number of carbonyl (C=O) groups excluding carboxylic acids is 1. The molecule has 0 amide bonds. The Kier molecular flexibility index (Phi) is 3.95. The number of esters is 1. The molecule has 0 aliphatic heterocycles. The molecular weight excluding hydrogens is 164 g/mol. The van der Waals surface area contributed by atoms with Crippen LogP contribution in [0.4, 0.5) is 0 Å². The van der Waals surface area contributed by atoms with E-state index in [0.717, 1.165) is 6.42 Å². The zero-order valence-corrected chi connectivity index (χ0v) is 9.73. The molecule has 0 aliphatic rings. The molecule has 0 unspecified atom stereocenters. The molecule has 0 bridgehead atoms. The first-order valence-electron chi connectivity index (χ1n) is 4.86. The lowest BCUT2D eigenvalue weighted by Crippen LogP contribution is -2.28. The average Bonchev–Trinajstić information content (AvgIpc) is 1.98. The standard InChI is InChI=1S/C11H22O2/c1-7-11(5,6)8-13-9(12)10(2,3)4/h7-8H2,1-6H3. The molecule has 2 heteroatoms. The lowest BCUT2D eigenvalue weighted by Gasteiger charge is -2.25. The van der Waals surface area contributed by atoms with Gasteiger partial charge in [0, 0.05) is 0 Å². The van der Waals surface area contributed by atoms with E-state index in [1.807, 2.05) is 20.8 Å². The Balaban J connectivity index is 3.98. The predicted molar refractivity (Wildman–Crippen MR) is 54.5 cm³/mol. The van der Waals surface area contributed by atoms with Crippen LogP contribution in [0.1, 0.15) is 48.0 Å². The van der Waals surface area contributed by atoms with Gasteiger partial charge in [-0.1, -0.05) is 20.8 Å². The van der Waals surface area contributed by atoms with Gasteiger partial charge in [-0.15, -0.1) is 0 Å². The Labute approximate surface area is 81.7 Å². The van der Waals surface area contributed by atoms with E-state index in [1.165, 1.54) is 0 Å². The highest BCUT2D eigenvalue weighted by Gasteiger charge is 2.25. The summed E-state index contributed by atoms with van der Waals surface area (Å²) in [4.78, 5) is 11.4. The SMILES string of the molecule is CCC(C)(C)COC(=O)C(C)(C)C. The van der Waals surface area contributed by atoms with Crippen molar-refractivity contribution in [2.75, 3.05) is 6.61 Å². The molecule has 0 rings (SSSR count). The highest BCUT2D eigenvalue weighted by molar-refractivity contribution is 5.75. The summed E-state index contributed by atoms with van der Waals surface area (Å²) in [6, 6.07) is 0. The summed E-state index contributed by atoms with van der Waals surface area (Å²) in [5.41, 5.74) is -0.287. The van der Waals surface area contributed by atoms with E-state index in [9.17, 15) is 4.79 Å². The Bertz CT molecular complexity index is 175. The van der Waals surface area contributed by atoms with Crippen molar-refractivity contribution in [3.05, 3.63) is 0 Å². The maximum atomic E-state index is 11.4. The van der Waals surface area contributed by atoms with E-state index < -0.39 is 0 Å². The topological polar surface area (TPSA) is 26.3 Å². The number of carbonyl (C=O) groups is 1. The highest BCUT2D eigenvalue weighted by atomic mass is 16.5. The zero-order chi connectivity index (χ0) is 10.7. The Morgan fingerprint density at radius 2 is 1.62 bits per heavy atom. The molecule has 0 heterocycles. The summed E-state index contributed by atoms with van der Waals surface area (Å²) in [5, 5.41) is 0. The molecule has 0 spiro atoms. The fourth-order valence-electron chi connectivity index (χ4n) is 0.579. The summed E-state index contributed by atoms with van der Waals surface area (Å²) < 4.78 is 5.22. The van der Waals surface area contributed by atoms with Gasteiger partial charge in [-0.05, 0) is 32.6 Å². The summed E-state index contributed by atoms with van der Waals surface area (Å²) in [7, 11) is 0. The average molecular weight is 186 g/mol. The van der Waals surface area contributed by atoms with Crippen LogP contribution in [0.25, 0.3) is 0 Å². The first kappa shape index (κ1) is 12.5. The van der Waals surface area contributed by atoms with Crippen molar-refractivity contribution in [1.82, 2.24) is 0 Å². The second kappa shape index (κ2) is 4.12. The third-order valence-corrected chi connectivity index (χ3v) is 2.16. The molecule has 0 aromatic rings. The van der Waals surface area contributed by atoms with Crippen molar-refractivity contribution in [2.45, 2.75) is 48.0 Å². The molecular formula is C11H22O2. The summed E-state index contributed by atoms with van der Waals surface area (Å²) >= 11 is 0. The van der Waals surface area contributed by atoms with Crippen LogP contribution in [0.2, 0.25) is 0 Å². The number of hydrogen-bond acceptors (Lipinski definition) is 2.